The number of rotatable bonds is 9. The van der Waals surface area contributed by atoms with Crippen molar-refractivity contribution in [3.8, 4) is 0 Å². The molecule has 3 rings (SSSR count). The molecular weight excluding hydrogens is 454 g/mol. The van der Waals surface area contributed by atoms with Crippen molar-refractivity contribution in [1.82, 2.24) is 15.1 Å². The van der Waals surface area contributed by atoms with Crippen LogP contribution in [0, 0.1) is 0 Å². The molecule has 2 aromatic rings. The number of methoxy groups -OCH3 is 1. The van der Waals surface area contributed by atoms with Crippen molar-refractivity contribution in [3.63, 3.8) is 0 Å². The number of carbonyl (C=O) groups is 3. The fourth-order valence-electron chi connectivity index (χ4n) is 3.65. The zero-order chi connectivity index (χ0) is 24.5. The van der Waals surface area contributed by atoms with Crippen LogP contribution in [0.15, 0.2) is 41.8 Å². The van der Waals surface area contributed by atoms with Gasteiger partial charge in [0.25, 0.3) is 5.91 Å². The van der Waals surface area contributed by atoms with Gasteiger partial charge < -0.3 is 30.1 Å². The lowest BCUT2D eigenvalue weighted by atomic mass is 10.2. The lowest BCUT2D eigenvalue weighted by Crippen LogP contribution is -2.52. The highest BCUT2D eigenvalue weighted by molar-refractivity contribution is 7.12. The second-order valence-electron chi connectivity index (χ2n) is 8.37. The minimum Gasteiger partial charge on any atom is -0.383 e. The van der Waals surface area contributed by atoms with E-state index < -0.39 is 0 Å². The van der Waals surface area contributed by atoms with Gasteiger partial charge in [0.1, 0.15) is 6.54 Å². The topological polar surface area (TPSA) is 94.2 Å². The van der Waals surface area contributed by atoms with Crippen LogP contribution in [0.3, 0.4) is 0 Å². The number of ether oxygens (including phenoxy) is 1. The van der Waals surface area contributed by atoms with Crippen LogP contribution in [-0.4, -0.2) is 86.7 Å². The van der Waals surface area contributed by atoms with Crippen LogP contribution < -0.4 is 15.5 Å². The second-order valence-corrected chi connectivity index (χ2v) is 9.32. The highest BCUT2D eigenvalue weighted by atomic mass is 32.1. The normalized spacial score (nSPS) is 13.6. The molecule has 34 heavy (non-hydrogen) atoms. The van der Waals surface area contributed by atoms with Crippen LogP contribution in [0.2, 0.25) is 0 Å². The molecule has 0 saturated carbocycles. The van der Waals surface area contributed by atoms with E-state index >= 15 is 0 Å². The van der Waals surface area contributed by atoms with E-state index in [1.165, 1.54) is 16.2 Å². The van der Waals surface area contributed by atoms with E-state index in [1.54, 1.807) is 13.2 Å². The number of carbonyl (C=O) groups excluding carboxylic acids is 3. The molecule has 1 aliphatic heterocycles. The third-order valence-corrected chi connectivity index (χ3v) is 6.27. The fraction of sp³-hybridized carbons (Fsp3) is 0.458. The Morgan fingerprint density at radius 3 is 2.38 bits per heavy atom. The molecule has 0 spiro atoms. The molecule has 10 heteroatoms. The number of piperazine rings is 1. The molecule has 1 saturated heterocycles. The van der Waals surface area contributed by atoms with Crippen molar-refractivity contribution in [2.24, 2.45) is 0 Å². The molecule has 1 aliphatic rings. The first kappa shape index (κ1) is 25.5. The first-order valence-corrected chi connectivity index (χ1v) is 12.3. The first-order valence-electron chi connectivity index (χ1n) is 11.4. The summed E-state index contributed by atoms with van der Waals surface area (Å²) in [5.41, 5.74) is 1.70. The van der Waals surface area contributed by atoms with Gasteiger partial charge in [0.05, 0.1) is 11.5 Å². The van der Waals surface area contributed by atoms with E-state index in [0.29, 0.717) is 36.8 Å². The number of thiophene rings is 1. The summed E-state index contributed by atoms with van der Waals surface area (Å²) in [6.45, 7) is 7.35. The standard InChI is InChI=1S/C24H33N5O4S/c1-18(2)25-24(32)28-12-10-27(11-13-28)20-8-6-19(7-9-20)26-22(30)17-29(14-15-33-3)23(31)21-5-4-16-34-21/h4-9,16,18H,10-15,17H2,1-3H3,(H,25,32)(H,26,30). The van der Waals surface area contributed by atoms with Crippen molar-refractivity contribution < 1.29 is 19.1 Å². The van der Waals surface area contributed by atoms with Crippen LogP contribution in [-0.2, 0) is 9.53 Å². The summed E-state index contributed by atoms with van der Waals surface area (Å²) in [6.07, 6.45) is 0. The average Bonchev–Trinajstić information content (AvgIpc) is 3.36. The summed E-state index contributed by atoms with van der Waals surface area (Å²) in [7, 11) is 1.57. The van der Waals surface area contributed by atoms with Gasteiger partial charge in [-0.3, -0.25) is 9.59 Å². The van der Waals surface area contributed by atoms with Gasteiger partial charge in [0, 0.05) is 57.3 Å². The van der Waals surface area contributed by atoms with Crippen LogP contribution in [0.4, 0.5) is 16.2 Å². The van der Waals surface area contributed by atoms with Crippen LogP contribution in [0.1, 0.15) is 23.5 Å². The predicted octanol–water partition coefficient (Wildman–Crippen LogP) is 2.72. The molecule has 1 fully saturated rings. The maximum absolute atomic E-state index is 12.7. The number of hydrogen-bond acceptors (Lipinski definition) is 6. The minimum atomic E-state index is -0.265. The Bertz CT molecular complexity index is 941. The summed E-state index contributed by atoms with van der Waals surface area (Å²) in [6, 6.07) is 11.3. The van der Waals surface area contributed by atoms with Crippen molar-refractivity contribution in [3.05, 3.63) is 46.7 Å². The van der Waals surface area contributed by atoms with E-state index in [2.05, 4.69) is 15.5 Å². The molecule has 9 nitrogen and oxygen atoms in total. The van der Waals surface area contributed by atoms with E-state index in [4.69, 9.17) is 4.74 Å². The number of urea groups is 1. The SMILES string of the molecule is COCCN(CC(=O)Nc1ccc(N2CCN(C(=O)NC(C)C)CC2)cc1)C(=O)c1cccs1. The van der Waals surface area contributed by atoms with Gasteiger partial charge in [-0.25, -0.2) is 4.79 Å². The van der Waals surface area contributed by atoms with Gasteiger partial charge >= 0.3 is 6.03 Å². The van der Waals surface area contributed by atoms with Gasteiger partial charge in [-0.05, 0) is 49.6 Å². The molecule has 0 bridgehead atoms. The Morgan fingerprint density at radius 2 is 1.79 bits per heavy atom. The molecule has 0 atom stereocenters. The Hall–Kier alpha value is -3.11. The van der Waals surface area contributed by atoms with E-state index in [1.807, 2.05) is 54.5 Å². The Kier molecular flexibility index (Phi) is 9.29. The van der Waals surface area contributed by atoms with E-state index in [9.17, 15) is 14.4 Å². The van der Waals surface area contributed by atoms with Crippen molar-refractivity contribution in [1.29, 1.82) is 0 Å². The summed E-state index contributed by atoms with van der Waals surface area (Å²) in [4.78, 5) is 43.6. The summed E-state index contributed by atoms with van der Waals surface area (Å²) < 4.78 is 5.09. The molecule has 1 aromatic carbocycles. The largest absolute Gasteiger partial charge is 0.383 e. The van der Waals surface area contributed by atoms with E-state index in [0.717, 1.165) is 18.8 Å². The van der Waals surface area contributed by atoms with Gasteiger partial charge in [-0.2, -0.15) is 0 Å². The zero-order valence-corrected chi connectivity index (χ0v) is 20.8. The Morgan fingerprint density at radius 1 is 1.09 bits per heavy atom. The number of nitrogens with zero attached hydrogens (tertiary/aromatic N) is 3. The van der Waals surface area contributed by atoms with Gasteiger partial charge in [-0.15, -0.1) is 11.3 Å². The van der Waals surface area contributed by atoms with Gasteiger partial charge in [-0.1, -0.05) is 6.07 Å². The monoisotopic (exact) mass is 487 g/mol. The van der Waals surface area contributed by atoms with Crippen LogP contribution >= 0.6 is 11.3 Å². The number of nitrogens with one attached hydrogen (secondary N) is 2. The second kappa shape index (κ2) is 12.4. The predicted molar refractivity (Wildman–Crippen MR) is 135 cm³/mol. The molecule has 0 aliphatic carbocycles. The lowest BCUT2D eigenvalue weighted by molar-refractivity contribution is -0.117. The number of amides is 4. The van der Waals surface area contributed by atoms with Crippen molar-refractivity contribution in [2.75, 3.05) is 63.2 Å². The molecule has 4 amide bonds. The molecule has 0 unspecified atom stereocenters. The Labute approximate surface area is 204 Å². The Balaban J connectivity index is 1.52. The summed E-state index contributed by atoms with van der Waals surface area (Å²) in [5.74, 6) is -0.447. The molecule has 184 valence electrons. The zero-order valence-electron chi connectivity index (χ0n) is 20.0. The maximum atomic E-state index is 12.7. The summed E-state index contributed by atoms with van der Waals surface area (Å²) in [5, 5.41) is 7.64. The van der Waals surface area contributed by atoms with Crippen molar-refractivity contribution in [2.45, 2.75) is 19.9 Å². The summed E-state index contributed by atoms with van der Waals surface area (Å²) >= 11 is 1.35. The van der Waals surface area contributed by atoms with Gasteiger partial charge in [0.15, 0.2) is 0 Å². The number of anilines is 2. The highest BCUT2D eigenvalue weighted by Crippen LogP contribution is 2.20. The molecule has 2 heterocycles. The quantitative estimate of drug-likeness (QED) is 0.567. The molecular formula is C24H33N5O4S. The third kappa shape index (κ3) is 7.19. The van der Waals surface area contributed by atoms with Crippen LogP contribution in [0.25, 0.3) is 0 Å². The molecule has 2 N–H and O–H groups in total. The first-order chi connectivity index (χ1) is 16.4. The number of hydrogen-bond donors (Lipinski definition) is 2. The van der Waals surface area contributed by atoms with Gasteiger partial charge in [0.2, 0.25) is 5.91 Å². The van der Waals surface area contributed by atoms with Crippen LogP contribution in [0.5, 0.6) is 0 Å². The molecule has 1 aromatic heterocycles. The lowest BCUT2D eigenvalue weighted by Gasteiger charge is -2.36. The smallest absolute Gasteiger partial charge is 0.317 e. The average molecular weight is 488 g/mol. The maximum Gasteiger partial charge on any atom is 0.317 e. The van der Waals surface area contributed by atoms with Crippen molar-refractivity contribution >= 4 is 40.6 Å². The number of benzene rings is 1. The minimum absolute atomic E-state index is 0.0233. The highest BCUT2D eigenvalue weighted by Gasteiger charge is 2.22. The van der Waals surface area contributed by atoms with E-state index in [-0.39, 0.29) is 30.4 Å². The molecule has 0 radical (unpaired) electrons. The third-order valence-electron chi connectivity index (χ3n) is 5.41. The fourth-order valence-corrected chi connectivity index (χ4v) is 4.34.